The maximum atomic E-state index is 12.8. The lowest BCUT2D eigenvalue weighted by atomic mass is 9.93. The predicted octanol–water partition coefficient (Wildman–Crippen LogP) is 6.19. The van der Waals surface area contributed by atoms with E-state index in [9.17, 15) is 23.4 Å². The van der Waals surface area contributed by atoms with E-state index in [0.29, 0.717) is 29.8 Å². The summed E-state index contributed by atoms with van der Waals surface area (Å²) in [5, 5.41) is 20.1. The summed E-state index contributed by atoms with van der Waals surface area (Å²) in [7, 11) is 0. The van der Waals surface area contributed by atoms with Crippen molar-refractivity contribution in [1.29, 1.82) is 0 Å². The zero-order valence-corrected chi connectivity index (χ0v) is 18.5. The largest absolute Gasteiger partial charge is 0.416 e. The van der Waals surface area contributed by atoms with Crippen LogP contribution in [0.15, 0.2) is 66.7 Å². The highest BCUT2D eigenvalue weighted by molar-refractivity contribution is 6.31. The van der Waals surface area contributed by atoms with Crippen LogP contribution in [-0.2, 0) is 17.3 Å². The van der Waals surface area contributed by atoms with Gasteiger partial charge in [0, 0.05) is 17.9 Å². The molecule has 0 spiro atoms. The number of hydrogen-bond acceptors (Lipinski definition) is 3. The van der Waals surface area contributed by atoms with Crippen molar-refractivity contribution in [2.75, 3.05) is 6.61 Å². The van der Waals surface area contributed by atoms with Crippen LogP contribution in [0.4, 0.5) is 13.2 Å². The quantitative estimate of drug-likeness (QED) is 0.461. The van der Waals surface area contributed by atoms with E-state index in [1.165, 1.54) is 12.1 Å². The molecule has 174 valence electrons. The zero-order valence-electron chi connectivity index (χ0n) is 17.7. The Labute approximate surface area is 195 Å². The molecular formula is C26H24ClF3O3. The summed E-state index contributed by atoms with van der Waals surface area (Å²) in [6.07, 6.45) is -4.15. The molecule has 0 saturated carbocycles. The predicted molar refractivity (Wildman–Crippen MR) is 121 cm³/mol. The van der Waals surface area contributed by atoms with E-state index in [2.05, 4.69) is 0 Å². The number of halogens is 4. The van der Waals surface area contributed by atoms with Crippen molar-refractivity contribution in [2.45, 2.75) is 43.8 Å². The number of benzene rings is 3. The lowest BCUT2D eigenvalue weighted by molar-refractivity contribution is -0.137. The molecule has 33 heavy (non-hydrogen) atoms. The minimum absolute atomic E-state index is 0.140. The molecular weight excluding hydrogens is 453 g/mol. The van der Waals surface area contributed by atoms with Crippen LogP contribution in [0, 0.1) is 0 Å². The van der Waals surface area contributed by atoms with Gasteiger partial charge in [0.05, 0.1) is 30.5 Å². The smallest absolute Gasteiger partial charge is 0.394 e. The Bertz CT molecular complexity index is 1080. The zero-order chi connectivity index (χ0) is 23.6. The number of ether oxygens (including phenoxy) is 1. The molecule has 0 aromatic heterocycles. The van der Waals surface area contributed by atoms with Gasteiger partial charge in [0.15, 0.2) is 0 Å². The molecule has 3 atom stereocenters. The molecule has 1 aliphatic rings. The first-order chi connectivity index (χ1) is 15.7. The Morgan fingerprint density at radius 3 is 2.15 bits per heavy atom. The topological polar surface area (TPSA) is 49.7 Å². The van der Waals surface area contributed by atoms with Crippen LogP contribution in [0.1, 0.15) is 41.2 Å². The normalized spacial score (nSPS) is 21.2. The molecule has 3 aromatic carbocycles. The Morgan fingerprint density at radius 1 is 0.909 bits per heavy atom. The van der Waals surface area contributed by atoms with Crippen LogP contribution >= 0.6 is 11.6 Å². The minimum Gasteiger partial charge on any atom is -0.394 e. The molecule has 3 aromatic rings. The second-order valence-corrected chi connectivity index (χ2v) is 8.76. The number of aliphatic hydroxyl groups is 2. The van der Waals surface area contributed by atoms with Gasteiger partial charge in [-0.1, -0.05) is 60.1 Å². The number of alkyl halides is 3. The van der Waals surface area contributed by atoms with Gasteiger partial charge in [0.2, 0.25) is 0 Å². The second kappa shape index (κ2) is 9.85. The van der Waals surface area contributed by atoms with Crippen molar-refractivity contribution in [2.24, 2.45) is 0 Å². The van der Waals surface area contributed by atoms with Gasteiger partial charge < -0.3 is 14.9 Å². The first kappa shape index (κ1) is 23.8. The highest BCUT2D eigenvalue weighted by atomic mass is 35.5. The molecule has 7 heteroatoms. The molecule has 1 fully saturated rings. The van der Waals surface area contributed by atoms with Gasteiger partial charge in [-0.25, -0.2) is 0 Å². The van der Waals surface area contributed by atoms with E-state index in [4.69, 9.17) is 16.3 Å². The van der Waals surface area contributed by atoms with E-state index < -0.39 is 23.9 Å². The summed E-state index contributed by atoms with van der Waals surface area (Å²) in [6.45, 7) is -0.140. The lowest BCUT2D eigenvalue weighted by Gasteiger charge is -2.32. The standard InChI is InChI=1S/C26H24ClF3O3/c27-24-10-7-19(25-14-22(32)13-23(15-31)33-25)12-20(24)11-16-1-3-17(4-2-16)18-5-8-21(9-6-18)26(28,29)30/h1-10,12,22-23,25,31-32H,11,13-15H2. The molecule has 3 unspecified atom stereocenters. The molecule has 0 radical (unpaired) electrons. The average Bonchev–Trinajstić information content (AvgIpc) is 2.80. The number of rotatable bonds is 5. The summed E-state index contributed by atoms with van der Waals surface area (Å²) in [6, 6.07) is 18.4. The summed E-state index contributed by atoms with van der Waals surface area (Å²) in [4.78, 5) is 0. The van der Waals surface area contributed by atoms with Crippen molar-refractivity contribution in [3.63, 3.8) is 0 Å². The first-order valence-corrected chi connectivity index (χ1v) is 11.1. The molecule has 4 rings (SSSR count). The van der Waals surface area contributed by atoms with Gasteiger partial charge in [-0.3, -0.25) is 0 Å². The van der Waals surface area contributed by atoms with Crippen LogP contribution in [0.3, 0.4) is 0 Å². The Kier molecular flexibility index (Phi) is 7.10. The summed E-state index contributed by atoms with van der Waals surface area (Å²) in [5.74, 6) is 0. The third-order valence-electron chi connectivity index (χ3n) is 5.92. The summed E-state index contributed by atoms with van der Waals surface area (Å²) in [5.41, 5.74) is 3.67. The first-order valence-electron chi connectivity index (χ1n) is 10.7. The fraction of sp³-hybridized carbons (Fsp3) is 0.308. The number of aliphatic hydroxyl groups excluding tert-OH is 2. The molecule has 1 saturated heterocycles. The minimum atomic E-state index is -4.35. The number of hydrogen-bond donors (Lipinski definition) is 2. The lowest BCUT2D eigenvalue weighted by Crippen LogP contribution is -2.33. The molecule has 1 heterocycles. The van der Waals surface area contributed by atoms with Crippen LogP contribution in [-0.4, -0.2) is 29.0 Å². The molecule has 0 aliphatic carbocycles. The van der Waals surface area contributed by atoms with Crippen molar-refractivity contribution in [3.8, 4) is 11.1 Å². The fourth-order valence-corrected chi connectivity index (χ4v) is 4.32. The molecule has 1 aliphatic heterocycles. The van der Waals surface area contributed by atoms with Crippen molar-refractivity contribution >= 4 is 11.6 Å². The fourth-order valence-electron chi connectivity index (χ4n) is 4.14. The third-order valence-corrected chi connectivity index (χ3v) is 6.29. The molecule has 3 nitrogen and oxygen atoms in total. The van der Waals surface area contributed by atoms with Gasteiger partial charge in [-0.2, -0.15) is 13.2 Å². The summed E-state index contributed by atoms with van der Waals surface area (Å²) >= 11 is 6.43. The Morgan fingerprint density at radius 2 is 1.55 bits per heavy atom. The molecule has 2 N–H and O–H groups in total. The van der Waals surface area contributed by atoms with Gasteiger partial charge in [0.25, 0.3) is 0 Å². The monoisotopic (exact) mass is 476 g/mol. The van der Waals surface area contributed by atoms with Gasteiger partial charge in [-0.15, -0.1) is 0 Å². The average molecular weight is 477 g/mol. The highest BCUT2D eigenvalue weighted by Gasteiger charge is 2.30. The van der Waals surface area contributed by atoms with Gasteiger partial charge in [-0.05, 0) is 52.4 Å². The van der Waals surface area contributed by atoms with Crippen LogP contribution < -0.4 is 0 Å². The second-order valence-electron chi connectivity index (χ2n) is 8.35. The van der Waals surface area contributed by atoms with Crippen LogP contribution in [0.5, 0.6) is 0 Å². The maximum absolute atomic E-state index is 12.8. The maximum Gasteiger partial charge on any atom is 0.416 e. The highest BCUT2D eigenvalue weighted by Crippen LogP contribution is 2.34. The van der Waals surface area contributed by atoms with E-state index in [-0.39, 0.29) is 12.7 Å². The van der Waals surface area contributed by atoms with Crippen molar-refractivity contribution in [1.82, 2.24) is 0 Å². The van der Waals surface area contributed by atoms with Crippen LogP contribution in [0.25, 0.3) is 11.1 Å². The van der Waals surface area contributed by atoms with E-state index >= 15 is 0 Å². The summed E-state index contributed by atoms with van der Waals surface area (Å²) < 4.78 is 44.2. The van der Waals surface area contributed by atoms with Gasteiger partial charge >= 0.3 is 6.18 Å². The van der Waals surface area contributed by atoms with Crippen molar-refractivity contribution in [3.05, 3.63) is 94.0 Å². The Hall–Kier alpha value is -2.38. The van der Waals surface area contributed by atoms with Crippen LogP contribution in [0.2, 0.25) is 5.02 Å². The van der Waals surface area contributed by atoms with Gasteiger partial charge in [0.1, 0.15) is 0 Å². The molecule has 0 amide bonds. The third kappa shape index (κ3) is 5.76. The Balaban J connectivity index is 1.49. The van der Waals surface area contributed by atoms with Crippen molar-refractivity contribution < 1.29 is 28.1 Å². The van der Waals surface area contributed by atoms with E-state index in [1.54, 1.807) is 6.07 Å². The van der Waals surface area contributed by atoms with E-state index in [1.807, 2.05) is 36.4 Å². The van der Waals surface area contributed by atoms with E-state index in [0.717, 1.165) is 34.4 Å². The SMILES string of the molecule is OCC1CC(O)CC(c2ccc(Cl)c(Cc3ccc(-c4ccc(C(F)(F)F)cc4)cc3)c2)O1. The molecule has 0 bridgehead atoms.